The Morgan fingerprint density at radius 3 is 2.67 bits per heavy atom. The summed E-state index contributed by atoms with van der Waals surface area (Å²) in [7, 11) is 0. The maximum atomic E-state index is 9.83. The molecule has 0 spiro atoms. The summed E-state index contributed by atoms with van der Waals surface area (Å²) in [6, 6.07) is 0. The highest BCUT2D eigenvalue weighted by Crippen LogP contribution is 2.06. The number of hydrogen-bond donors (Lipinski definition) is 1. The molecular formula is C6H6O3. The minimum Gasteiger partial charge on any atom is -0.472 e. The Balaban J connectivity index is 2.31. The van der Waals surface area contributed by atoms with Crippen molar-refractivity contribution in [2.75, 3.05) is 13.2 Å². The second-order valence-electron chi connectivity index (χ2n) is 1.81. The Morgan fingerprint density at radius 1 is 1.67 bits per heavy atom. The quantitative estimate of drug-likeness (QED) is 0.454. The second kappa shape index (κ2) is 2.51. The van der Waals surface area contributed by atoms with E-state index in [2.05, 4.69) is 5.92 Å². The Labute approximate surface area is 52.6 Å². The molecule has 1 aliphatic heterocycles. The molecule has 48 valence electrons. The topological polar surface area (TPSA) is 46.5 Å². The largest absolute Gasteiger partial charge is 0.472 e. The van der Waals surface area contributed by atoms with Crippen molar-refractivity contribution in [2.24, 2.45) is 5.92 Å². The van der Waals surface area contributed by atoms with Gasteiger partial charge in [-0.05, 0) is 0 Å². The van der Waals surface area contributed by atoms with Crippen LogP contribution in [0.5, 0.6) is 0 Å². The van der Waals surface area contributed by atoms with Crippen LogP contribution >= 0.6 is 0 Å². The van der Waals surface area contributed by atoms with Crippen LogP contribution in [0.2, 0.25) is 0 Å². The summed E-state index contributed by atoms with van der Waals surface area (Å²) in [6.45, 7) is 1.17. The van der Waals surface area contributed by atoms with E-state index in [1.807, 2.05) is 5.92 Å². The molecule has 0 aliphatic carbocycles. The lowest BCUT2D eigenvalue weighted by Crippen LogP contribution is -2.25. The van der Waals surface area contributed by atoms with Crippen LogP contribution in [-0.2, 0) is 9.53 Å². The number of rotatable bonds is 0. The van der Waals surface area contributed by atoms with Crippen molar-refractivity contribution in [1.29, 1.82) is 0 Å². The van der Waals surface area contributed by atoms with Gasteiger partial charge in [0, 0.05) is 5.92 Å². The van der Waals surface area contributed by atoms with Crippen LogP contribution in [0.3, 0.4) is 0 Å². The molecule has 0 amide bonds. The number of carbonyl (C=O) groups is 1. The molecule has 0 unspecified atom stereocenters. The van der Waals surface area contributed by atoms with Gasteiger partial charge in [0.25, 0.3) is 0 Å². The molecule has 0 aromatic heterocycles. The monoisotopic (exact) mass is 126 g/mol. The van der Waals surface area contributed by atoms with Crippen molar-refractivity contribution in [3.63, 3.8) is 0 Å². The maximum absolute atomic E-state index is 9.83. The van der Waals surface area contributed by atoms with Crippen LogP contribution in [0.15, 0.2) is 0 Å². The molecule has 1 saturated heterocycles. The summed E-state index contributed by atoms with van der Waals surface area (Å²) < 4.78 is 4.77. The van der Waals surface area contributed by atoms with Gasteiger partial charge >= 0.3 is 5.97 Å². The molecule has 0 aromatic rings. The first kappa shape index (κ1) is 6.12. The molecule has 0 bridgehead atoms. The molecule has 1 N–H and O–H groups in total. The summed E-state index contributed by atoms with van der Waals surface area (Å²) in [5.74, 6) is 3.66. The summed E-state index contributed by atoms with van der Waals surface area (Å²) in [5, 5.41) is 8.07. The fourth-order valence-electron chi connectivity index (χ4n) is 0.483. The van der Waals surface area contributed by atoms with E-state index in [4.69, 9.17) is 9.84 Å². The van der Waals surface area contributed by atoms with Crippen molar-refractivity contribution in [1.82, 2.24) is 0 Å². The van der Waals surface area contributed by atoms with E-state index < -0.39 is 5.97 Å². The molecule has 0 aromatic carbocycles. The molecule has 1 heterocycles. The molecule has 0 radical (unpaired) electrons. The van der Waals surface area contributed by atoms with Crippen molar-refractivity contribution in [2.45, 2.75) is 0 Å². The molecule has 1 aliphatic rings. The lowest BCUT2D eigenvalue weighted by atomic mass is 10.1. The molecule has 0 atom stereocenters. The van der Waals surface area contributed by atoms with Crippen molar-refractivity contribution in [3.8, 4) is 11.8 Å². The molecule has 1 fully saturated rings. The van der Waals surface area contributed by atoms with Crippen molar-refractivity contribution >= 4 is 5.97 Å². The molecular weight excluding hydrogens is 120 g/mol. The van der Waals surface area contributed by atoms with Crippen LogP contribution in [0.25, 0.3) is 0 Å². The lowest BCUT2D eigenvalue weighted by Gasteiger charge is -2.19. The normalized spacial score (nSPS) is 17.3. The zero-order valence-electron chi connectivity index (χ0n) is 4.76. The van der Waals surface area contributed by atoms with Gasteiger partial charge in [-0.25, -0.2) is 4.79 Å². The number of ether oxygens (including phenoxy) is 1. The van der Waals surface area contributed by atoms with E-state index in [9.17, 15) is 4.79 Å². The zero-order valence-corrected chi connectivity index (χ0v) is 4.76. The number of carboxylic acid groups (broad SMARTS) is 1. The third-order valence-corrected chi connectivity index (χ3v) is 1.02. The van der Waals surface area contributed by atoms with Gasteiger partial charge in [0.1, 0.15) is 0 Å². The molecule has 3 heteroatoms. The summed E-state index contributed by atoms with van der Waals surface area (Å²) in [4.78, 5) is 9.83. The van der Waals surface area contributed by atoms with Gasteiger partial charge in [-0.1, -0.05) is 5.92 Å². The zero-order chi connectivity index (χ0) is 6.69. The van der Waals surface area contributed by atoms with Gasteiger partial charge in [-0.2, -0.15) is 0 Å². The first-order valence-corrected chi connectivity index (χ1v) is 2.61. The van der Waals surface area contributed by atoms with Crippen LogP contribution in [0, 0.1) is 17.8 Å². The fourth-order valence-corrected chi connectivity index (χ4v) is 0.483. The van der Waals surface area contributed by atoms with Crippen molar-refractivity contribution < 1.29 is 14.6 Å². The minimum absolute atomic E-state index is 0.154. The first-order chi connectivity index (χ1) is 4.29. The van der Waals surface area contributed by atoms with Gasteiger partial charge in [0.15, 0.2) is 0 Å². The average molecular weight is 126 g/mol. The Bertz CT molecular complexity index is 170. The molecule has 1 rings (SSSR count). The summed E-state index contributed by atoms with van der Waals surface area (Å²) in [5.41, 5.74) is 0. The van der Waals surface area contributed by atoms with Crippen LogP contribution < -0.4 is 0 Å². The predicted octanol–water partition coefficient (Wildman–Crippen LogP) is -0.279. The second-order valence-corrected chi connectivity index (χ2v) is 1.81. The standard InChI is InChI=1S/C6H6O3/c7-6(8)2-1-5-3-9-4-5/h5H,3-4H2,(H,7,8). The fraction of sp³-hybridized carbons (Fsp3) is 0.500. The van der Waals surface area contributed by atoms with Crippen LogP contribution in [0.4, 0.5) is 0 Å². The Morgan fingerprint density at radius 2 is 2.33 bits per heavy atom. The average Bonchev–Trinajstić information content (AvgIpc) is 1.60. The Hall–Kier alpha value is -1.01. The molecule has 9 heavy (non-hydrogen) atoms. The van der Waals surface area contributed by atoms with Gasteiger partial charge in [-0.3, -0.25) is 0 Å². The van der Waals surface area contributed by atoms with Crippen LogP contribution in [-0.4, -0.2) is 24.3 Å². The number of carboxylic acids is 1. The highest BCUT2D eigenvalue weighted by Gasteiger charge is 2.14. The predicted molar refractivity (Wildman–Crippen MR) is 29.7 cm³/mol. The minimum atomic E-state index is -1.07. The molecule has 0 saturated carbocycles. The van der Waals surface area contributed by atoms with E-state index in [0.717, 1.165) is 0 Å². The van der Waals surface area contributed by atoms with Crippen molar-refractivity contribution in [3.05, 3.63) is 0 Å². The van der Waals surface area contributed by atoms with Gasteiger partial charge in [-0.15, -0.1) is 0 Å². The van der Waals surface area contributed by atoms with E-state index in [1.54, 1.807) is 0 Å². The number of hydrogen-bond acceptors (Lipinski definition) is 2. The van der Waals surface area contributed by atoms with E-state index in [0.29, 0.717) is 13.2 Å². The smallest absolute Gasteiger partial charge is 0.381 e. The highest BCUT2D eigenvalue weighted by molar-refractivity contribution is 5.86. The number of aliphatic carboxylic acids is 1. The van der Waals surface area contributed by atoms with Gasteiger partial charge < -0.3 is 9.84 Å². The third kappa shape index (κ3) is 1.74. The lowest BCUT2D eigenvalue weighted by molar-refractivity contribution is -0.130. The van der Waals surface area contributed by atoms with E-state index >= 15 is 0 Å². The highest BCUT2D eigenvalue weighted by atomic mass is 16.5. The first-order valence-electron chi connectivity index (χ1n) is 2.61. The summed E-state index contributed by atoms with van der Waals surface area (Å²) in [6.07, 6.45) is 0. The van der Waals surface area contributed by atoms with Gasteiger partial charge in [0.2, 0.25) is 0 Å². The van der Waals surface area contributed by atoms with E-state index in [1.165, 1.54) is 0 Å². The SMILES string of the molecule is O=C(O)C#CC1COC1. The van der Waals surface area contributed by atoms with Crippen LogP contribution in [0.1, 0.15) is 0 Å². The maximum Gasteiger partial charge on any atom is 0.381 e. The van der Waals surface area contributed by atoms with Gasteiger partial charge in [0.05, 0.1) is 19.1 Å². The Kier molecular flexibility index (Phi) is 1.71. The van der Waals surface area contributed by atoms with E-state index in [-0.39, 0.29) is 5.92 Å². The molecule has 3 nitrogen and oxygen atoms in total. The third-order valence-electron chi connectivity index (χ3n) is 1.02. The summed E-state index contributed by atoms with van der Waals surface area (Å²) >= 11 is 0.